The minimum absolute atomic E-state index is 0.386. The number of aryl methyl sites for hydroxylation is 2. The van der Waals surface area contributed by atoms with Gasteiger partial charge in [0.25, 0.3) is 0 Å². The first-order valence-electron chi connectivity index (χ1n) is 7.69. The summed E-state index contributed by atoms with van der Waals surface area (Å²) in [6, 6.07) is 6.06. The van der Waals surface area contributed by atoms with Gasteiger partial charge in [-0.1, -0.05) is 31.9 Å². The Morgan fingerprint density at radius 3 is 2.82 bits per heavy atom. The molecule has 2 rings (SSSR count). The van der Waals surface area contributed by atoms with E-state index in [0.717, 1.165) is 35.6 Å². The average Bonchev–Trinajstić information content (AvgIpc) is 2.82. The summed E-state index contributed by atoms with van der Waals surface area (Å²) in [7, 11) is 0. The molecule has 0 bridgehead atoms. The van der Waals surface area contributed by atoms with Gasteiger partial charge in [0.05, 0.1) is 24.7 Å². The molecule has 0 atom stereocenters. The molecule has 0 fully saturated rings. The van der Waals surface area contributed by atoms with Gasteiger partial charge in [0.15, 0.2) is 0 Å². The molecule has 0 unspecified atom stereocenters. The maximum atomic E-state index is 5.85. The lowest BCUT2D eigenvalue weighted by Crippen LogP contribution is -2.00. The van der Waals surface area contributed by atoms with Gasteiger partial charge in [-0.15, -0.1) is 0 Å². The van der Waals surface area contributed by atoms with Crippen molar-refractivity contribution >= 4 is 12.2 Å². The van der Waals surface area contributed by atoms with Gasteiger partial charge < -0.3 is 10.5 Å². The van der Waals surface area contributed by atoms with E-state index in [-0.39, 0.29) is 0 Å². The molecule has 1 aromatic heterocycles. The van der Waals surface area contributed by atoms with Crippen LogP contribution in [0.5, 0.6) is 5.75 Å². The summed E-state index contributed by atoms with van der Waals surface area (Å²) in [6.07, 6.45) is 7.03. The number of hydrogen-bond acceptors (Lipinski definition) is 4. The summed E-state index contributed by atoms with van der Waals surface area (Å²) < 4.78 is 7.42. The molecule has 5 nitrogen and oxygen atoms in total. The molecule has 0 aliphatic carbocycles. The van der Waals surface area contributed by atoms with Crippen molar-refractivity contribution in [3.05, 3.63) is 41.2 Å². The predicted molar refractivity (Wildman–Crippen MR) is 90.6 cm³/mol. The standard InChI is InChI=1S/C17H24N4O/c1-4-5-6-9-22-16-10-15(8-7-13(16)2)11-19-21-12-14(3)20-17(21)18/h7-8,10-12H,4-6,9H2,1-3H3,(H2,18,20). The van der Waals surface area contributed by atoms with Crippen LogP contribution in [0.3, 0.4) is 0 Å². The lowest BCUT2D eigenvalue weighted by Gasteiger charge is -2.09. The second-order valence-corrected chi connectivity index (χ2v) is 5.41. The first kappa shape index (κ1) is 16.1. The average molecular weight is 300 g/mol. The van der Waals surface area contributed by atoms with E-state index in [2.05, 4.69) is 17.0 Å². The number of hydrogen-bond donors (Lipinski definition) is 1. The van der Waals surface area contributed by atoms with Gasteiger partial charge in [-0.25, -0.2) is 9.66 Å². The molecule has 0 radical (unpaired) electrons. The monoisotopic (exact) mass is 300 g/mol. The molecule has 5 heteroatoms. The fourth-order valence-corrected chi connectivity index (χ4v) is 2.11. The highest BCUT2D eigenvalue weighted by Gasteiger charge is 2.02. The van der Waals surface area contributed by atoms with Crippen molar-refractivity contribution in [2.45, 2.75) is 40.0 Å². The summed E-state index contributed by atoms with van der Waals surface area (Å²) >= 11 is 0. The third kappa shape index (κ3) is 4.35. The number of nitrogens with two attached hydrogens (primary N) is 1. The van der Waals surface area contributed by atoms with Crippen molar-refractivity contribution in [1.29, 1.82) is 0 Å². The quantitative estimate of drug-likeness (QED) is 0.628. The second-order valence-electron chi connectivity index (χ2n) is 5.41. The van der Waals surface area contributed by atoms with Crippen molar-refractivity contribution in [2.75, 3.05) is 12.3 Å². The molecular formula is C17H24N4O. The molecule has 2 aromatic rings. The molecule has 0 spiro atoms. The zero-order valence-corrected chi connectivity index (χ0v) is 13.5. The van der Waals surface area contributed by atoms with Crippen LogP contribution in [-0.4, -0.2) is 22.5 Å². The number of nitrogens with zero attached hydrogens (tertiary/aromatic N) is 3. The largest absolute Gasteiger partial charge is 0.493 e. The van der Waals surface area contributed by atoms with Crippen LogP contribution >= 0.6 is 0 Å². The van der Waals surface area contributed by atoms with Crippen LogP contribution < -0.4 is 10.5 Å². The Balaban J connectivity index is 2.06. The van der Waals surface area contributed by atoms with Gasteiger partial charge in [-0.2, -0.15) is 5.10 Å². The van der Waals surface area contributed by atoms with Crippen molar-refractivity contribution < 1.29 is 4.74 Å². The van der Waals surface area contributed by atoms with Crippen molar-refractivity contribution in [1.82, 2.24) is 9.66 Å². The molecule has 118 valence electrons. The second kappa shape index (κ2) is 7.64. The van der Waals surface area contributed by atoms with E-state index in [1.54, 1.807) is 17.1 Å². The molecule has 1 heterocycles. The molecular weight excluding hydrogens is 276 g/mol. The molecule has 0 aliphatic heterocycles. The molecule has 0 saturated carbocycles. The van der Waals surface area contributed by atoms with Crippen LogP contribution in [0.15, 0.2) is 29.5 Å². The summed E-state index contributed by atoms with van der Waals surface area (Å²) in [5.74, 6) is 1.30. The molecule has 0 saturated heterocycles. The van der Waals surface area contributed by atoms with Crippen LogP contribution in [0, 0.1) is 13.8 Å². The van der Waals surface area contributed by atoms with Crippen LogP contribution in [0.25, 0.3) is 0 Å². The fraction of sp³-hybridized carbons (Fsp3) is 0.412. The Labute approximate surface area is 131 Å². The third-order valence-electron chi connectivity index (χ3n) is 3.38. The highest BCUT2D eigenvalue weighted by atomic mass is 16.5. The van der Waals surface area contributed by atoms with Gasteiger partial charge in [-0.3, -0.25) is 0 Å². The number of ether oxygens (including phenoxy) is 1. The summed E-state index contributed by atoms with van der Waals surface area (Å²) in [5.41, 5.74) is 8.72. The first-order chi connectivity index (χ1) is 10.6. The summed E-state index contributed by atoms with van der Waals surface area (Å²) in [6.45, 7) is 6.87. The Bertz CT molecular complexity index is 646. The number of imidazole rings is 1. The number of rotatable bonds is 7. The zero-order chi connectivity index (χ0) is 15.9. The predicted octanol–water partition coefficient (Wildman–Crippen LogP) is 3.53. The SMILES string of the molecule is CCCCCOc1cc(C=Nn2cc(C)nc2N)ccc1C. The molecule has 22 heavy (non-hydrogen) atoms. The van der Waals surface area contributed by atoms with Gasteiger partial charge >= 0.3 is 0 Å². The highest BCUT2D eigenvalue weighted by molar-refractivity contribution is 5.80. The van der Waals surface area contributed by atoms with Crippen molar-refractivity contribution in [3.8, 4) is 5.75 Å². The number of anilines is 1. The normalized spacial score (nSPS) is 11.2. The van der Waals surface area contributed by atoms with Crippen molar-refractivity contribution in [3.63, 3.8) is 0 Å². The van der Waals surface area contributed by atoms with E-state index in [4.69, 9.17) is 10.5 Å². The van der Waals surface area contributed by atoms with Crippen molar-refractivity contribution in [2.24, 2.45) is 5.10 Å². The lowest BCUT2D eigenvalue weighted by atomic mass is 10.1. The van der Waals surface area contributed by atoms with Gasteiger partial charge in [0.1, 0.15) is 5.75 Å². The number of benzene rings is 1. The van der Waals surface area contributed by atoms with E-state index in [1.165, 1.54) is 12.8 Å². The van der Waals surface area contributed by atoms with E-state index in [9.17, 15) is 0 Å². The first-order valence-corrected chi connectivity index (χ1v) is 7.69. The van der Waals surface area contributed by atoms with Gasteiger partial charge in [0, 0.05) is 0 Å². The third-order valence-corrected chi connectivity index (χ3v) is 3.38. The fourth-order valence-electron chi connectivity index (χ4n) is 2.11. The minimum atomic E-state index is 0.386. The van der Waals surface area contributed by atoms with Gasteiger partial charge in [0.2, 0.25) is 5.95 Å². The molecule has 0 amide bonds. The number of nitrogen functional groups attached to an aromatic ring is 1. The summed E-state index contributed by atoms with van der Waals surface area (Å²) in [4.78, 5) is 4.12. The molecule has 1 aromatic carbocycles. The van der Waals surface area contributed by atoms with Gasteiger partial charge in [-0.05, 0) is 37.5 Å². The maximum absolute atomic E-state index is 5.85. The van der Waals surface area contributed by atoms with E-state index in [1.807, 2.05) is 32.0 Å². The van der Waals surface area contributed by atoms with E-state index < -0.39 is 0 Å². The van der Waals surface area contributed by atoms with E-state index >= 15 is 0 Å². The van der Waals surface area contributed by atoms with Crippen LogP contribution in [0.1, 0.15) is 43.0 Å². The lowest BCUT2D eigenvalue weighted by molar-refractivity contribution is 0.304. The Kier molecular flexibility index (Phi) is 5.58. The van der Waals surface area contributed by atoms with E-state index in [0.29, 0.717) is 5.95 Å². The van der Waals surface area contributed by atoms with Crippen LogP contribution in [-0.2, 0) is 0 Å². The zero-order valence-electron chi connectivity index (χ0n) is 13.5. The van der Waals surface area contributed by atoms with Crippen LogP contribution in [0.2, 0.25) is 0 Å². The molecule has 2 N–H and O–H groups in total. The van der Waals surface area contributed by atoms with Crippen LogP contribution in [0.4, 0.5) is 5.95 Å². The number of unbranched alkanes of at least 4 members (excludes halogenated alkanes) is 2. The Morgan fingerprint density at radius 2 is 2.14 bits per heavy atom. The Hall–Kier alpha value is -2.30. The molecule has 0 aliphatic rings. The number of aromatic nitrogens is 2. The maximum Gasteiger partial charge on any atom is 0.221 e. The summed E-state index contributed by atoms with van der Waals surface area (Å²) in [5, 5.41) is 4.33. The Morgan fingerprint density at radius 1 is 1.32 bits per heavy atom. The highest BCUT2D eigenvalue weighted by Crippen LogP contribution is 2.19. The minimum Gasteiger partial charge on any atom is -0.493 e. The topological polar surface area (TPSA) is 65.4 Å². The smallest absolute Gasteiger partial charge is 0.221 e.